The number of hydrogen-bond acceptors (Lipinski definition) is 1. The van der Waals surface area contributed by atoms with E-state index in [1.54, 1.807) is 0 Å². The molecule has 0 aliphatic heterocycles. The first-order valence-corrected chi connectivity index (χ1v) is 4.30. The standard InChI is InChI=1S/C10H16O/c1-4-10(11)7-5-6-8(2)9(10)3/h1,8-9,11H,5-7H2,2-3H3. The van der Waals surface area contributed by atoms with Crippen LogP contribution in [0.25, 0.3) is 0 Å². The summed E-state index contributed by atoms with van der Waals surface area (Å²) in [6.45, 7) is 4.20. The average molecular weight is 152 g/mol. The second-order valence-corrected chi connectivity index (χ2v) is 3.73. The molecule has 1 nitrogen and oxygen atoms in total. The van der Waals surface area contributed by atoms with Crippen molar-refractivity contribution in [2.24, 2.45) is 11.8 Å². The van der Waals surface area contributed by atoms with Gasteiger partial charge in [-0.05, 0) is 24.7 Å². The lowest BCUT2D eigenvalue weighted by atomic mass is 9.71. The molecule has 11 heavy (non-hydrogen) atoms. The summed E-state index contributed by atoms with van der Waals surface area (Å²) in [5.41, 5.74) is -0.822. The Morgan fingerprint density at radius 3 is 2.64 bits per heavy atom. The van der Waals surface area contributed by atoms with Gasteiger partial charge in [0, 0.05) is 0 Å². The van der Waals surface area contributed by atoms with Gasteiger partial charge in [-0.3, -0.25) is 0 Å². The molecule has 0 aromatic heterocycles. The third-order valence-electron chi connectivity index (χ3n) is 3.07. The molecule has 1 aliphatic carbocycles. The van der Waals surface area contributed by atoms with Gasteiger partial charge in [0.2, 0.25) is 0 Å². The summed E-state index contributed by atoms with van der Waals surface area (Å²) >= 11 is 0. The Morgan fingerprint density at radius 2 is 2.18 bits per heavy atom. The zero-order valence-electron chi connectivity index (χ0n) is 7.30. The summed E-state index contributed by atoms with van der Waals surface area (Å²) in [4.78, 5) is 0. The van der Waals surface area contributed by atoms with Gasteiger partial charge < -0.3 is 5.11 Å². The minimum absolute atomic E-state index is 0.251. The summed E-state index contributed by atoms with van der Waals surface area (Å²) in [6, 6.07) is 0. The molecule has 1 heteroatoms. The van der Waals surface area contributed by atoms with Crippen LogP contribution in [0.5, 0.6) is 0 Å². The Bertz CT molecular complexity index is 180. The van der Waals surface area contributed by atoms with Crippen LogP contribution in [0, 0.1) is 24.2 Å². The van der Waals surface area contributed by atoms with Crippen LogP contribution < -0.4 is 0 Å². The monoisotopic (exact) mass is 152 g/mol. The maximum absolute atomic E-state index is 9.88. The van der Waals surface area contributed by atoms with Crippen molar-refractivity contribution in [1.29, 1.82) is 0 Å². The lowest BCUT2D eigenvalue weighted by Crippen LogP contribution is -2.41. The van der Waals surface area contributed by atoms with Gasteiger partial charge in [-0.15, -0.1) is 6.42 Å². The zero-order valence-corrected chi connectivity index (χ0v) is 7.30. The van der Waals surface area contributed by atoms with Crippen LogP contribution in [0.1, 0.15) is 33.1 Å². The number of hydrogen-bond donors (Lipinski definition) is 1. The van der Waals surface area contributed by atoms with E-state index in [2.05, 4.69) is 12.8 Å². The van der Waals surface area contributed by atoms with Crippen LogP contribution in [-0.4, -0.2) is 10.7 Å². The maximum Gasteiger partial charge on any atom is 0.128 e. The van der Waals surface area contributed by atoms with E-state index in [9.17, 15) is 5.11 Å². The summed E-state index contributed by atoms with van der Waals surface area (Å²) in [5, 5.41) is 9.88. The highest BCUT2D eigenvalue weighted by Gasteiger charge is 2.37. The average Bonchev–Trinajstić information content (AvgIpc) is 2.00. The van der Waals surface area contributed by atoms with Crippen molar-refractivity contribution in [1.82, 2.24) is 0 Å². The molecule has 1 aliphatic rings. The Hall–Kier alpha value is -0.480. The van der Waals surface area contributed by atoms with Crippen molar-refractivity contribution in [3.05, 3.63) is 0 Å². The molecule has 1 fully saturated rings. The van der Waals surface area contributed by atoms with Gasteiger partial charge in [-0.25, -0.2) is 0 Å². The van der Waals surface area contributed by atoms with Gasteiger partial charge in [0.05, 0.1) is 0 Å². The summed E-state index contributed by atoms with van der Waals surface area (Å²) in [5.74, 6) is 3.33. The van der Waals surface area contributed by atoms with Gasteiger partial charge in [0.15, 0.2) is 0 Å². The van der Waals surface area contributed by atoms with Gasteiger partial charge in [0.25, 0.3) is 0 Å². The molecule has 3 unspecified atom stereocenters. The molecule has 0 aromatic rings. The van der Waals surface area contributed by atoms with Crippen molar-refractivity contribution in [3.8, 4) is 12.3 Å². The molecule has 1 rings (SSSR count). The normalized spacial score (nSPS) is 44.9. The van der Waals surface area contributed by atoms with Crippen LogP contribution >= 0.6 is 0 Å². The number of rotatable bonds is 0. The third kappa shape index (κ3) is 1.41. The minimum Gasteiger partial charge on any atom is -0.377 e. The Balaban J connectivity index is 2.74. The molecule has 1 saturated carbocycles. The molecule has 0 radical (unpaired) electrons. The van der Waals surface area contributed by atoms with E-state index in [1.165, 1.54) is 6.42 Å². The smallest absolute Gasteiger partial charge is 0.128 e. The third-order valence-corrected chi connectivity index (χ3v) is 3.07. The summed E-state index contributed by atoms with van der Waals surface area (Å²) in [6.07, 6.45) is 8.32. The fraction of sp³-hybridized carbons (Fsp3) is 0.800. The van der Waals surface area contributed by atoms with Crippen LogP contribution in [0.2, 0.25) is 0 Å². The van der Waals surface area contributed by atoms with Gasteiger partial charge in [-0.2, -0.15) is 0 Å². The van der Waals surface area contributed by atoms with Crippen LogP contribution in [0.4, 0.5) is 0 Å². The molecule has 0 amide bonds. The predicted octanol–water partition coefficient (Wildman–Crippen LogP) is 1.81. The molecule has 0 heterocycles. The molecule has 0 bridgehead atoms. The highest BCUT2D eigenvalue weighted by molar-refractivity contribution is 5.11. The highest BCUT2D eigenvalue weighted by atomic mass is 16.3. The first kappa shape index (κ1) is 8.62. The minimum atomic E-state index is -0.822. The van der Waals surface area contributed by atoms with E-state index < -0.39 is 5.60 Å². The second-order valence-electron chi connectivity index (χ2n) is 3.73. The highest BCUT2D eigenvalue weighted by Crippen LogP contribution is 2.36. The number of terminal acetylenes is 1. The Kier molecular flexibility index (Phi) is 2.25. The predicted molar refractivity (Wildman–Crippen MR) is 46.0 cm³/mol. The maximum atomic E-state index is 9.88. The first-order valence-electron chi connectivity index (χ1n) is 4.30. The van der Waals surface area contributed by atoms with E-state index >= 15 is 0 Å². The van der Waals surface area contributed by atoms with Crippen molar-refractivity contribution < 1.29 is 5.11 Å². The van der Waals surface area contributed by atoms with Crippen molar-refractivity contribution >= 4 is 0 Å². The first-order chi connectivity index (χ1) is 5.10. The molecule has 0 saturated heterocycles. The van der Waals surface area contributed by atoms with Crippen molar-refractivity contribution in [3.63, 3.8) is 0 Å². The fourth-order valence-corrected chi connectivity index (χ4v) is 1.85. The summed E-state index contributed by atoms with van der Waals surface area (Å²) < 4.78 is 0. The largest absolute Gasteiger partial charge is 0.377 e. The zero-order chi connectivity index (χ0) is 8.48. The van der Waals surface area contributed by atoms with Crippen LogP contribution in [0.15, 0.2) is 0 Å². The van der Waals surface area contributed by atoms with Crippen LogP contribution in [-0.2, 0) is 0 Å². The van der Waals surface area contributed by atoms with Gasteiger partial charge in [0.1, 0.15) is 5.60 Å². The van der Waals surface area contributed by atoms with Crippen molar-refractivity contribution in [2.75, 3.05) is 0 Å². The molecule has 0 spiro atoms. The Morgan fingerprint density at radius 1 is 1.55 bits per heavy atom. The molecule has 62 valence electrons. The summed E-state index contributed by atoms with van der Waals surface area (Å²) in [7, 11) is 0. The quantitative estimate of drug-likeness (QED) is 0.525. The molecular weight excluding hydrogens is 136 g/mol. The van der Waals surface area contributed by atoms with Crippen molar-refractivity contribution in [2.45, 2.75) is 38.7 Å². The lowest BCUT2D eigenvalue weighted by Gasteiger charge is -2.38. The van der Waals surface area contributed by atoms with Crippen LogP contribution in [0.3, 0.4) is 0 Å². The number of aliphatic hydroxyl groups is 1. The lowest BCUT2D eigenvalue weighted by molar-refractivity contribution is -0.0128. The molecular formula is C10H16O. The van der Waals surface area contributed by atoms with E-state index in [-0.39, 0.29) is 5.92 Å². The van der Waals surface area contributed by atoms with E-state index in [1.807, 2.05) is 6.92 Å². The second kappa shape index (κ2) is 2.87. The molecule has 3 atom stereocenters. The fourth-order valence-electron chi connectivity index (χ4n) is 1.85. The van der Waals surface area contributed by atoms with Gasteiger partial charge >= 0.3 is 0 Å². The Labute approximate surface area is 68.8 Å². The van der Waals surface area contributed by atoms with E-state index in [0.717, 1.165) is 12.8 Å². The molecule has 0 aromatic carbocycles. The SMILES string of the molecule is C#CC1(O)CCCC(C)C1C. The van der Waals surface area contributed by atoms with Gasteiger partial charge in [-0.1, -0.05) is 26.2 Å². The van der Waals surface area contributed by atoms with E-state index in [4.69, 9.17) is 6.42 Å². The molecule has 1 N–H and O–H groups in total. The van der Waals surface area contributed by atoms with E-state index in [0.29, 0.717) is 5.92 Å². The topological polar surface area (TPSA) is 20.2 Å².